The Morgan fingerprint density at radius 3 is 2.95 bits per heavy atom. The summed E-state index contributed by atoms with van der Waals surface area (Å²) in [7, 11) is 0. The molecule has 0 saturated carbocycles. The van der Waals surface area contributed by atoms with Crippen molar-refractivity contribution in [1.82, 2.24) is 10.2 Å². The minimum atomic E-state index is 0.368. The summed E-state index contributed by atoms with van der Waals surface area (Å²) in [6, 6.07) is 12.3. The van der Waals surface area contributed by atoms with Gasteiger partial charge in [-0.2, -0.15) is 0 Å². The van der Waals surface area contributed by atoms with Crippen LogP contribution in [0.1, 0.15) is 44.4 Å². The van der Waals surface area contributed by atoms with Gasteiger partial charge in [-0.1, -0.05) is 18.2 Å². The van der Waals surface area contributed by atoms with E-state index in [2.05, 4.69) is 41.4 Å². The van der Waals surface area contributed by atoms with E-state index < -0.39 is 0 Å². The van der Waals surface area contributed by atoms with Crippen LogP contribution in [0, 0.1) is 0 Å². The van der Waals surface area contributed by atoms with E-state index in [0.29, 0.717) is 18.1 Å². The number of nitrogens with one attached hydrogen (secondary N) is 1. The van der Waals surface area contributed by atoms with E-state index in [1.165, 1.54) is 44.2 Å². The number of fused-ring (bicyclic) bond motifs is 1. The smallest absolute Gasteiger partial charge is 0.134 e. The molecular formula is C18H24N2O. The predicted molar refractivity (Wildman–Crippen MR) is 85.4 cm³/mol. The molecule has 0 radical (unpaired) electrons. The maximum absolute atomic E-state index is 6.09. The number of nitrogens with zero attached hydrogens (tertiary/aromatic N) is 1. The van der Waals surface area contributed by atoms with E-state index in [1.807, 2.05) is 6.07 Å². The highest BCUT2D eigenvalue weighted by Gasteiger charge is 2.36. The van der Waals surface area contributed by atoms with Crippen LogP contribution >= 0.6 is 0 Å². The Hall–Kier alpha value is -1.32. The van der Waals surface area contributed by atoms with Crippen LogP contribution in [-0.4, -0.2) is 30.1 Å². The van der Waals surface area contributed by atoms with Crippen LogP contribution in [0.2, 0.25) is 0 Å². The lowest BCUT2D eigenvalue weighted by Gasteiger charge is -2.33. The van der Waals surface area contributed by atoms with Crippen molar-refractivity contribution in [2.45, 2.75) is 50.7 Å². The van der Waals surface area contributed by atoms with Gasteiger partial charge in [-0.15, -0.1) is 0 Å². The first-order valence-electron chi connectivity index (χ1n) is 8.30. The van der Waals surface area contributed by atoms with Gasteiger partial charge in [-0.3, -0.25) is 4.90 Å². The molecule has 0 aliphatic carbocycles. The minimum Gasteiger partial charge on any atom is -0.459 e. The molecule has 3 heterocycles. The zero-order valence-corrected chi connectivity index (χ0v) is 12.7. The highest BCUT2D eigenvalue weighted by atomic mass is 16.3. The average Bonchev–Trinajstić information content (AvgIpc) is 3.23. The molecule has 0 amide bonds. The largest absolute Gasteiger partial charge is 0.459 e. The highest BCUT2D eigenvalue weighted by molar-refractivity contribution is 5.77. The molecule has 0 bridgehead atoms. The second-order valence-corrected chi connectivity index (χ2v) is 6.51. The standard InChI is InChI=1S/C18H24N2O/c1-13(18-12-14-6-2-3-9-17(14)21-18)20-11-5-8-16(20)15-7-4-10-19-15/h2-3,6,9,12-13,15-16,19H,4-5,7-8,10-11H2,1H3. The molecule has 3 atom stereocenters. The van der Waals surface area contributed by atoms with Gasteiger partial charge >= 0.3 is 0 Å². The fourth-order valence-corrected chi connectivity index (χ4v) is 4.14. The molecule has 4 rings (SSSR count). The van der Waals surface area contributed by atoms with E-state index in [9.17, 15) is 0 Å². The van der Waals surface area contributed by atoms with Crippen LogP contribution in [0.4, 0.5) is 0 Å². The van der Waals surface area contributed by atoms with E-state index >= 15 is 0 Å². The zero-order chi connectivity index (χ0) is 14.2. The number of para-hydroxylation sites is 1. The lowest BCUT2D eigenvalue weighted by Crippen LogP contribution is -2.44. The van der Waals surface area contributed by atoms with Crippen molar-refractivity contribution in [1.29, 1.82) is 0 Å². The number of hydrogen-bond acceptors (Lipinski definition) is 3. The van der Waals surface area contributed by atoms with Gasteiger partial charge in [0.15, 0.2) is 0 Å². The summed E-state index contributed by atoms with van der Waals surface area (Å²) >= 11 is 0. The van der Waals surface area contributed by atoms with Crippen molar-refractivity contribution in [2.75, 3.05) is 13.1 Å². The van der Waals surface area contributed by atoms with Crippen LogP contribution in [0.5, 0.6) is 0 Å². The summed E-state index contributed by atoms with van der Waals surface area (Å²) in [6.07, 6.45) is 5.29. The molecule has 1 aromatic heterocycles. The van der Waals surface area contributed by atoms with E-state index in [1.54, 1.807) is 0 Å². The summed E-state index contributed by atoms with van der Waals surface area (Å²) in [4.78, 5) is 2.65. The lowest BCUT2D eigenvalue weighted by atomic mass is 10.0. The fraction of sp³-hybridized carbons (Fsp3) is 0.556. The first-order chi connectivity index (χ1) is 10.3. The highest BCUT2D eigenvalue weighted by Crippen LogP contribution is 2.34. The van der Waals surface area contributed by atoms with Gasteiger partial charge in [0.2, 0.25) is 0 Å². The molecule has 2 saturated heterocycles. The van der Waals surface area contributed by atoms with Crippen molar-refractivity contribution < 1.29 is 4.42 Å². The van der Waals surface area contributed by atoms with Gasteiger partial charge in [-0.05, 0) is 57.8 Å². The minimum absolute atomic E-state index is 0.368. The van der Waals surface area contributed by atoms with E-state index in [4.69, 9.17) is 4.42 Å². The van der Waals surface area contributed by atoms with Crippen molar-refractivity contribution >= 4 is 11.0 Å². The van der Waals surface area contributed by atoms with Crippen molar-refractivity contribution in [2.24, 2.45) is 0 Å². The number of furan rings is 1. The van der Waals surface area contributed by atoms with Crippen LogP contribution in [-0.2, 0) is 0 Å². The van der Waals surface area contributed by atoms with Crippen molar-refractivity contribution in [3.8, 4) is 0 Å². The Kier molecular flexibility index (Phi) is 3.48. The molecular weight excluding hydrogens is 260 g/mol. The van der Waals surface area contributed by atoms with Crippen LogP contribution < -0.4 is 5.32 Å². The monoisotopic (exact) mass is 284 g/mol. The second kappa shape index (κ2) is 5.47. The third kappa shape index (κ3) is 2.39. The van der Waals surface area contributed by atoms with Gasteiger partial charge in [0, 0.05) is 17.5 Å². The van der Waals surface area contributed by atoms with E-state index in [-0.39, 0.29) is 0 Å². The summed E-state index contributed by atoms with van der Waals surface area (Å²) in [5, 5.41) is 4.91. The normalized spacial score (nSPS) is 28.4. The van der Waals surface area contributed by atoms with Gasteiger partial charge in [-0.25, -0.2) is 0 Å². The van der Waals surface area contributed by atoms with E-state index in [0.717, 1.165) is 11.3 Å². The second-order valence-electron chi connectivity index (χ2n) is 6.51. The third-order valence-electron chi connectivity index (χ3n) is 5.26. The topological polar surface area (TPSA) is 28.4 Å². The molecule has 2 aliphatic heterocycles. The van der Waals surface area contributed by atoms with Crippen LogP contribution in [0.3, 0.4) is 0 Å². The molecule has 1 aromatic carbocycles. The number of likely N-dealkylation sites (tertiary alicyclic amines) is 1. The molecule has 3 unspecified atom stereocenters. The first-order valence-corrected chi connectivity index (χ1v) is 8.30. The zero-order valence-electron chi connectivity index (χ0n) is 12.7. The Balaban J connectivity index is 1.59. The quantitative estimate of drug-likeness (QED) is 0.931. The fourth-order valence-electron chi connectivity index (χ4n) is 4.14. The molecule has 1 N–H and O–H groups in total. The Bertz CT molecular complexity index is 581. The number of benzene rings is 1. The summed E-state index contributed by atoms with van der Waals surface area (Å²) < 4.78 is 6.09. The average molecular weight is 284 g/mol. The van der Waals surface area contributed by atoms with Crippen LogP contribution in [0.25, 0.3) is 11.0 Å². The molecule has 2 aliphatic rings. The molecule has 3 heteroatoms. The molecule has 112 valence electrons. The van der Waals surface area contributed by atoms with Crippen molar-refractivity contribution in [3.05, 3.63) is 36.1 Å². The summed E-state index contributed by atoms with van der Waals surface area (Å²) in [5.74, 6) is 1.11. The van der Waals surface area contributed by atoms with Gasteiger partial charge in [0.25, 0.3) is 0 Å². The lowest BCUT2D eigenvalue weighted by molar-refractivity contribution is 0.148. The molecule has 2 aromatic rings. The molecule has 2 fully saturated rings. The maximum atomic E-state index is 6.09. The first kappa shape index (κ1) is 13.4. The third-order valence-corrected chi connectivity index (χ3v) is 5.26. The molecule has 21 heavy (non-hydrogen) atoms. The Morgan fingerprint density at radius 1 is 1.24 bits per heavy atom. The van der Waals surface area contributed by atoms with Crippen LogP contribution in [0.15, 0.2) is 34.7 Å². The predicted octanol–water partition coefficient (Wildman–Crippen LogP) is 3.71. The summed E-state index contributed by atoms with van der Waals surface area (Å²) in [6.45, 7) is 4.68. The number of hydrogen-bond donors (Lipinski definition) is 1. The van der Waals surface area contributed by atoms with Crippen molar-refractivity contribution in [3.63, 3.8) is 0 Å². The van der Waals surface area contributed by atoms with Gasteiger partial charge in [0.1, 0.15) is 11.3 Å². The summed E-state index contributed by atoms with van der Waals surface area (Å²) in [5.41, 5.74) is 1.01. The van der Waals surface area contributed by atoms with Gasteiger partial charge in [0.05, 0.1) is 6.04 Å². The van der Waals surface area contributed by atoms with Gasteiger partial charge < -0.3 is 9.73 Å². The Labute approximate surface area is 126 Å². The molecule has 0 spiro atoms. The number of rotatable bonds is 3. The maximum Gasteiger partial charge on any atom is 0.134 e. The molecule has 3 nitrogen and oxygen atoms in total. The SMILES string of the molecule is CC(c1cc2ccccc2o1)N1CCCC1C1CCCN1. The Morgan fingerprint density at radius 2 is 2.14 bits per heavy atom.